The van der Waals surface area contributed by atoms with Crippen molar-refractivity contribution < 1.29 is 4.74 Å². The van der Waals surface area contributed by atoms with Gasteiger partial charge in [0.1, 0.15) is 11.2 Å². The van der Waals surface area contributed by atoms with Gasteiger partial charge in [-0.25, -0.2) is 0 Å². The third-order valence-electron chi connectivity index (χ3n) is 3.40. The molecule has 2 nitrogen and oxygen atoms in total. The molecule has 1 aromatic rings. The van der Waals surface area contributed by atoms with Crippen LogP contribution in [0.2, 0.25) is 0 Å². The molecule has 0 saturated carbocycles. The van der Waals surface area contributed by atoms with Crippen molar-refractivity contribution in [2.45, 2.75) is 52.4 Å². The maximum atomic E-state index is 8.59. The third-order valence-corrected chi connectivity index (χ3v) is 3.97. The molecular weight excluding hydrogens is 266 g/mol. The van der Waals surface area contributed by atoms with E-state index in [2.05, 4.69) is 51.3 Å². The summed E-state index contributed by atoms with van der Waals surface area (Å²) in [6.07, 6.45) is 1.02. The highest BCUT2D eigenvalue weighted by Crippen LogP contribution is 2.34. The van der Waals surface area contributed by atoms with E-state index in [4.69, 9.17) is 10.00 Å². The lowest BCUT2D eigenvalue weighted by atomic mass is 9.83. The summed E-state index contributed by atoms with van der Waals surface area (Å²) in [6, 6.07) is 6.52. The molecule has 0 aliphatic carbocycles. The lowest BCUT2D eigenvalue weighted by molar-refractivity contribution is 0.329. The maximum Gasteiger partial charge on any atom is 0.133 e. The van der Waals surface area contributed by atoms with Gasteiger partial charge in [-0.3, -0.25) is 0 Å². The van der Waals surface area contributed by atoms with Crippen LogP contribution < -0.4 is 4.74 Å². The van der Waals surface area contributed by atoms with E-state index < -0.39 is 0 Å². The first kappa shape index (κ1) is 16.9. The van der Waals surface area contributed by atoms with Crippen LogP contribution in [0.25, 0.3) is 0 Å². The Morgan fingerprint density at radius 1 is 1.35 bits per heavy atom. The van der Waals surface area contributed by atoms with Crippen molar-refractivity contribution in [3.63, 3.8) is 0 Å². The van der Waals surface area contributed by atoms with Gasteiger partial charge >= 0.3 is 0 Å². The Balaban J connectivity index is 2.97. The SMILES string of the molecule is CCOc1ccc(C(C)CCSC#N)cc1C(C)(C)C. The minimum absolute atomic E-state index is 0.0711. The van der Waals surface area contributed by atoms with Crippen LogP contribution in [0, 0.1) is 10.7 Å². The van der Waals surface area contributed by atoms with E-state index >= 15 is 0 Å². The summed E-state index contributed by atoms with van der Waals surface area (Å²) in [7, 11) is 0. The Morgan fingerprint density at radius 3 is 2.60 bits per heavy atom. The summed E-state index contributed by atoms with van der Waals surface area (Å²) < 4.78 is 5.75. The van der Waals surface area contributed by atoms with Gasteiger partial charge in [0, 0.05) is 5.75 Å². The molecule has 1 aromatic carbocycles. The molecule has 0 heterocycles. The second-order valence-electron chi connectivity index (χ2n) is 6.07. The Hall–Kier alpha value is -1.14. The summed E-state index contributed by atoms with van der Waals surface area (Å²) >= 11 is 1.33. The van der Waals surface area contributed by atoms with Gasteiger partial charge in [0.25, 0.3) is 0 Å². The van der Waals surface area contributed by atoms with Gasteiger partial charge in [-0.15, -0.1) is 0 Å². The van der Waals surface area contributed by atoms with Gasteiger partial charge in [-0.1, -0.05) is 39.8 Å². The second kappa shape index (κ2) is 7.59. The Kier molecular flexibility index (Phi) is 6.42. The molecule has 0 aliphatic rings. The minimum Gasteiger partial charge on any atom is -0.494 e. The van der Waals surface area contributed by atoms with Crippen LogP contribution in [0.3, 0.4) is 0 Å². The number of benzene rings is 1. The van der Waals surface area contributed by atoms with E-state index in [1.807, 2.05) is 6.92 Å². The average molecular weight is 291 g/mol. The molecule has 0 bridgehead atoms. The van der Waals surface area contributed by atoms with E-state index in [1.165, 1.54) is 22.9 Å². The Labute approximate surface area is 127 Å². The van der Waals surface area contributed by atoms with Gasteiger partial charge < -0.3 is 4.74 Å². The third kappa shape index (κ3) is 4.76. The molecule has 0 aromatic heterocycles. The highest BCUT2D eigenvalue weighted by Gasteiger charge is 2.20. The van der Waals surface area contributed by atoms with Crippen molar-refractivity contribution >= 4 is 11.8 Å². The standard InChI is InChI=1S/C17H25NOS/c1-6-19-16-8-7-14(11-15(16)17(3,4)5)13(2)9-10-20-12-18/h7-8,11,13H,6,9-10H2,1-5H3. The zero-order valence-corrected chi connectivity index (χ0v) is 14.0. The van der Waals surface area contributed by atoms with Crippen molar-refractivity contribution in [1.82, 2.24) is 0 Å². The average Bonchev–Trinajstić information content (AvgIpc) is 2.38. The molecule has 0 saturated heterocycles. The molecule has 1 unspecified atom stereocenters. The van der Waals surface area contributed by atoms with Crippen LogP contribution in [0.4, 0.5) is 0 Å². The molecule has 0 fully saturated rings. The largest absolute Gasteiger partial charge is 0.494 e. The second-order valence-corrected chi connectivity index (χ2v) is 6.95. The van der Waals surface area contributed by atoms with Crippen molar-refractivity contribution in [3.8, 4) is 11.2 Å². The van der Waals surface area contributed by atoms with E-state index in [1.54, 1.807) is 0 Å². The highest BCUT2D eigenvalue weighted by molar-refractivity contribution is 8.03. The van der Waals surface area contributed by atoms with Gasteiger partial charge in [-0.2, -0.15) is 5.26 Å². The van der Waals surface area contributed by atoms with Crippen LogP contribution in [-0.2, 0) is 5.41 Å². The number of hydrogen-bond donors (Lipinski definition) is 0. The fourth-order valence-corrected chi connectivity index (χ4v) is 2.73. The lowest BCUT2D eigenvalue weighted by Crippen LogP contribution is -2.14. The van der Waals surface area contributed by atoms with E-state index in [0.717, 1.165) is 17.9 Å². The number of nitrogens with zero attached hydrogens (tertiary/aromatic N) is 1. The molecule has 110 valence electrons. The molecule has 0 aliphatic heterocycles. The van der Waals surface area contributed by atoms with Crippen LogP contribution >= 0.6 is 11.8 Å². The predicted octanol–water partition coefficient (Wildman–Crippen LogP) is 5.09. The van der Waals surface area contributed by atoms with E-state index in [-0.39, 0.29) is 5.41 Å². The first-order chi connectivity index (χ1) is 9.40. The monoisotopic (exact) mass is 291 g/mol. The number of thioether (sulfide) groups is 1. The smallest absolute Gasteiger partial charge is 0.133 e. The minimum atomic E-state index is 0.0711. The molecular formula is C17H25NOS. The molecule has 3 heteroatoms. The number of ether oxygens (including phenoxy) is 1. The summed E-state index contributed by atoms with van der Waals surface area (Å²) in [5, 5.41) is 10.7. The molecule has 20 heavy (non-hydrogen) atoms. The van der Waals surface area contributed by atoms with Crippen molar-refractivity contribution in [2.24, 2.45) is 0 Å². The van der Waals surface area contributed by atoms with Crippen LogP contribution in [-0.4, -0.2) is 12.4 Å². The highest BCUT2D eigenvalue weighted by atomic mass is 32.2. The van der Waals surface area contributed by atoms with Gasteiger partial charge in [-0.05, 0) is 53.6 Å². The number of rotatable bonds is 6. The van der Waals surface area contributed by atoms with E-state index in [0.29, 0.717) is 12.5 Å². The Bertz CT molecular complexity index is 471. The Morgan fingerprint density at radius 2 is 2.05 bits per heavy atom. The van der Waals surface area contributed by atoms with Crippen LogP contribution in [0.15, 0.2) is 18.2 Å². The van der Waals surface area contributed by atoms with Crippen molar-refractivity contribution in [1.29, 1.82) is 5.26 Å². The molecule has 0 spiro atoms. The van der Waals surface area contributed by atoms with Gasteiger partial charge in [0.05, 0.1) is 6.61 Å². The molecule has 0 radical (unpaired) electrons. The number of thiocyanates is 1. The molecule has 0 N–H and O–H groups in total. The summed E-state index contributed by atoms with van der Waals surface area (Å²) in [6.45, 7) is 11.6. The van der Waals surface area contributed by atoms with Gasteiger partial charge in [0.15, 0.2) is 0 Å². The molecule has 1 atom stereocenters. The normalized spacial score (nSPS) is 12.8. The summed E-state index contributed by atoms with van der Waals surface area (Å²) in [4.78, 5) is 0. The maximum absolute atomic E-state index is 8.59. The summed E-state index contributed by atoms with van der Waals surface area (Å²) in [5.41, 5.74) is 2.66. The van der Waals surface area contributed by atoms with E-state index in [9.17, 15) is 0 Å². The quantitative estimate of drug-likeness (QED) is 0.540. The zero-order chi connectivity index (χ0) is 15.2. The van der Waals surface area contributed by atoms with Crippen molar-refractivity contribution in [3.05, 3.63) is 29.3 Å². The zero-order valence-electron chi connectivity index (χ0n) is 13.2. The van der Waals surface area contributed by atoms with Gasteiger partial charge in [0.2, 0.25) is 0 Å². The molecule has 0 amide bonds. The van der Waals surface area contributed by atoms with Crippen LogP contribution in [0.1, 0.15) is 58.1 Å². The van der Waals surface area contributed by atoms with Crippen LogP contribution in [0.5, 0.6) is 5.75 Å². The van der Waals surface area contributed by atoms with Crippen molar-refractivity contribution in [2.75, 3.05) is 12.4 Å². The first-order valence-corrected chi connectivity index (χ1v) is 8.16. The fraction of sp³-hybridized carbons (Fsp3) is 0.588. The molecule has 1 rings (SSSR count). The predicted molar refractivity (Wildman–Crippen MR) is 87.4 cm³/mol. The fourth-order valence-electron chi connectivity index (χ4n) is 2.17. The number of hydrogen-bond acceptors (Lipinski definition) is 3. The lowest BCUT2D eigenvalue weighted by Gasteiger charge is -2.24. The number of nitriles is 1. The first-order valence-electron chi connectivity index (χ1n) is 7.18. The summed E-state index contributed by atoms with van der Waals surface area (Å²) in [5.74, 6) is 2.34. The topological polar surface area (TPSA) is 33.0 Å².